The second-order valence-corrected chi connectivity index (χ2v) is 6.25. The molecule has 0 saturated carbocycles. The minimum absolute atomic E-state index is 0.0258. The van der Waals surface area contributed by atoms with Gasteiger partial charge in [0, 0.05) is 36.5 Å². The maximum Gasteiger partial charge on any atom is 0.471 e. The van der Waals surface area contributed by atoms with E-state index in [1.54, 1.807) is 11.4 Å². The average molecular weight is 417 g/mol. The van der Waals surface area contributed by atoms with E-state index < -0.39 is 36.0 Å². The number of benzene rings is 1. The number of para-hydroxylation sites is 1. The van der Waals surface area contributed by atoms with Crippen LogP contribution in [0.5, 0.6) is 0 Å². The minimum atomic E-state index is -5.03. The Morgan fingerprint density at radius 1 is 1.03 bits per heavy atom. The van der Waals surface area contributed by atoms with Gasteiger partial charge in [0.1, 0.15) is 5.69 Å². The van der Waals surface area contributed by atoms with E-state index in [1.807, 2.05) is 0 Å². The summed E-state index contributed by atoms with van der Waals surface area (Å²) in [5.74, 6) is -3.66. The van der Waals surface area contributed by atoms with Gasteiger partial charge in [0.2, 0.25) is 11.6 Å². The molecule has 0 bridgehead atoms. The number of nitrogens with zero attached hydrogens (tertiary/aromatic N) is 1. The van der Waals surface area contributed by atoms with Gasteiger partial charge in [-0.2, -0.15) is 13.2 Å². The summed E-state index contributed by atoms with van der Waals surface area (Å²) in [6.07, 6.45) is -2.96. The smallest absolute Gasteiger partial charge is 0.352 e. The molecule has 3 rings (SSSR count). The first-order chi connectivity index (χ1) is 14.2. The van der Waals surface area contributed by atoms with Crippen LogP contribution in [0.1, 0.15) is 37.6 Å². The summed E-state index contributed by atoms with van der Waals surface area (Å²) in [6.45, 7) is -0.509. The standard InChI is InChI=1S/C20H14F3N3O4/c21-20(22,23)19(30)25-9-7-15(27)11-4-1-2-6-13(11)26-14-10-16(28)17-12(18(14)29)5-3-8-24-17/h1-6,8,10,26H,7,9H2,(H,25,30). The molecule has 0 atom stereocenters. The molecule has 1 aromatic carbocycles. The second-order valence-electron chi connectivity index (χ2n) is 6.25. The van der Waals surface area contributed by atoms with E-state index in [0.29, 0.717) is 0 Å². The molecule has 154 valence electrons. The van der Waals surface area contributed by atoms with Gasteiger partial charge in [0.05, 0.1) is 11.3 Å². The molecule has 2 aromatic rings. The van der Waals surface area contributed by atoms with Gasteiger partial charge in [-0.15, -0.1) is 0 Å². The van der Waals surface area contributed by atoms with Crippen LogP contribution in [0.4, 0.5) is 18.9 Å². The Morgan fingerprint density at radius 2 is 1.77 bits per heavy atom. The van der Waals surface area contributed by atoms with Crippen molar-refractivity contribution < 1.29 is 32.3 Å². The van der Waals surface area contributed by atoms with Crippen molar-refractivity contribution >= 4 is 28.9 Å². The molecule has 1 aliphatic rings. The molecule has 30 heavy (non-hydrogen) atoms. The first-order valence-corrected chi connectivity index (χ1v) is 8.68. The number of aromatic nitrogens is 1. The minimum Gasteiger partial charge on any atom is -0.352 e. The highest BCUT2D eigenvalue weighted by atomic mass is 19.4. The Balaban J connectivity index is 1.75. The number of anilines is 1. The number of hydrogen-bond acceptors (Lipinski definition) is 6. The summed E-state index contributed by atoms with van der Waals surface area (Å²) in [5, 5.41) is 4.38. The first kappa shape index (κ1) is 20.9. The summed E-state index contributed by atoms with van der Waals surface area (Å²) in [7, 11) is 0. The predicted molar refractivity (Wildman–Crippen MR) is 99.1 cm³/mol. The molecule has 0 fully saturated rings. The number of carbonyl (C=O) groups excluding carboxylic acids is 4. The van der Waals surface area contributed by atoms with Gasteiger partial charge in [0.25, 0.3) is 0 Å². The molecule has 0 spiro atoms. The van der Waals surface area contributed by atoms with Crippen LogP contribution in [0.25, 0.3) is 0 Å². The third-order valence-corrected chi connectivity index (χ3v) is 4.20. The molecule has 2 N–H and O–H groups in total. The van der Waals surface area contributed by atoms with Crippen LogP contribution in [-0.4, -0.2) is 41.0 Å². The number of carbonyl (C=O) groups is 4. The lowest BCUT2D eigenvalue weighted by Crippen LogP contribution is -2.37. The molecule has 0 saturated heterocycles. The number of alkyl halides is 3. The molecule has 10 heteroatoms. The van der Waals surface area contributed by atoms with E-state index in [-0.39, 0.29) is 34.6 Å². The molecule has 0 radical (unpaired) electrons. The van der Waals surface area contributed by atoms with Crippen LogP contribution in [0.15, 0.2) is 54.4 Å². The van der Waals surface area contributed by atoms with E-state index >= 15 is 0 Å². The van der Waals surface area contributed by atoms with Crippen LogP contribution in [0.3, 0.4) is 0 Å². The van der Waals surface area contributed by atoms with Crippen molar-refractivity contribution in [2.75, 3.05) is 11.9 Å². The average Bonchev–Trinajstić information content (AvgIpc) is 2.71. The summed E-state index contributed by atoms with van der Waals surface area (Å²) in [4.78, 5) is 52.0. The fourth-order valence-electron chi connectivity index (χ4n) is 2.79. The van der Waals surface area contributed by atoms with Gasteiger partial charge < -0.3 is 10.6 Å². The van der Waals surface area contributed by atoms with Gasteiger partial charge in [-0.05, 0) is 24.3 Å². The Kier molecular flexibility index (Phi) is 5.77. The first-order valence-electron chi connectivity index (χ1n) is 8.68. The zero-order valence-corrected chi connectivity index (χ0v) is 15.2. The number of Topliss-reactive ketones (excluding diaryl/α,β-unsaturated/α-hetero) is 2. The Bertz CT molecular complexity index is 1080. The molecule has 1 heterocycles. The van der Waals surface area contributed by atoms with Crippen LogP contribution >= 0.6 is 0 Å². The van der Waals surface area contributed by atoms with Crippen molar-refractivity contribution in [1.82, 2.24) is 10.3 Å². The Hall–Kier alpha value is -3.82. The Morgan fingerprint density at radius 3 is 2.50 bits per heavy atom. The van der Waals surface area contributed by atoms with E-state index in [9.17, 15) is 32.3 Å². The maximum atomic E-state index is 12.6. The molecule has 7 nitrogen and oxygen atoms in total. The SMILES string of the molecule is O=C(CCNC(=O)C(F)(F)F)c1ccccc1NC1=CC(=O)c2ncccc2C1=O. The summed E-state index contributed by atoms with van der Waals surface area (Å²) < 4.78 is 36.7. The Labute approximate surface area is 168 Å². The third kappa shape index (κ3) is 4.43. The van der Waals surface area contributed by atoms with E-state index in [0.717, 1.165) is 6.08 Å². The van der Waals surface area contributed by atoms with Crippen molar-refractivity contribution in [3.8, 4) is 0 Å². The number of hydrogen-bond donors (Lipinski definition) is 2. The number of allylic oxidation sites excluding steroid dienone is 2. The topological polar surface area (TPSA) is 105 Å². The number of fused-ring (bicyclic) bond motifs is 1. The number of ketones is 3. The third-order valence-electron chi connectivity index (χ3n) is 4.20. The number of rotatable bonds is 6. The summed E-state index contributed by atoms with van der Waals surface area (Å²) in [6, 6.07) is 8.99. The quantitative estimate of drug-likeness (QED) is 0.701. The molecule has 1 amide bonds. The molecular formula is C20H14F3N3O4. The molecule has 1 aromatic heterocycles. The highest BCUT2D eigenvalue weighted by Gasteiger charge is 2.38. The van der Waals surface area contributed by atoms with Crippen molar-refractivity contribution in [2.24, 2.45) is 0 Å². The fourth-order valence-corrected chi connectivity index (χ4v) is 2.79. The molecule has 1 aliphatic carbocycles. The maximum absolute atomic E-state index is 12.6. The lowest BCUT2D eigenvalue weighted by Gasteiger charge is -2.17. The number of amides is 1. The van der Waals surface area contributed by atoms with Gasteiger partial charge in [-0.1, -0.05) is 12.1 Å². The van der Waals surface area contributed by atoms with Gasteiger partial charge in [-0.3, -0.25) is 24.2 Å². The van der Waals surface area contributed by atoms with Crippen LogP contribution < -0.4 is 10.6 Å². The van der Waals surface area contributed by atoms with E-state index in [2.05, 4.69) is 10.3 Å². The van der Waals surface area contributed by atoms with E-state index in [1.165, 1.54) is 36.5 Å². The van der Waals surface area contributed by atoms with Crippen LogP contribution in [-0.2, 0) is 4.79 Å². The van der Waals surface area contributed by atoms with Crippen LogP contribution in [0, 0.1) is 0 Å². The highest BCUT2D eigenvalue weighted by molar-refractivity contribution is 6.24. The lowest BCUT2D eigenvalue weighted by atomic mass is 9.96. The largest absolute Gasteiger partial charge is 0.471 e. The molecule has 0 aliphatic heterocycles. The number of pyridine rings is 1. The zero-order valence-electron chi connectivity index (χ0n) is 15.2. The molecular weight excluding hydrogens is 403 g/mol. The van der Waals surface area contributed by atoms with E-state index in [4.69, 9.17) is 0 Å². The van der Waals surface area contributed by atoms with Gasteiger partial charge in [0.15, 0.2) is 5.78 Å². The number of halogens is 3. The summed E-state index contributed by atoms with van der Waals surface area (Å²) in [5.41, 5.74) is 0.372. The number of nitrogens with one attached hydrogen (secondary N) is 2. The second kappa shape index (κ2) is 8.27. The monoisotopic (exact) mass is 417 g/mol. The van der Waals surface area contributed by atoms with Crippen molar-refractivity contribution in [1.29, 1.82) is 0 Å². The van der Waals surface area contributed by atoms with Crippen molar-refractivity contribution in [3.05, 3.63) is 71.2 Å². The van der Waals surface area contributed by atoms with Gasteiger partial charge in [-0.25, -0.2) is 0 Å². The molecule has 0 unspecified atom stereocenters. The normalized spacial score (nSPS) is 13.4. The van der Waals surface area contributed by atoms with Crippen molar-refractivity contribution in [2.45, 2.75) is 12.6 Å². The highest BCUT2D eigenvalue weighted by Crippen LogP contribution is 2.24. The zero-order chi connectivity index (χ0) is 21.9. The van der Waals surface area contributed by atoms with Gasteiger partial charge >= 0.3 is 12.1 Å². The van der Waals surface area contributed by atoms with Crippen molar-refractivity contribution in [3.63, 3.8) is 0 Å². The van der Waals surface area contributed by atoms with Crippen LogP contribution in [0.2, 0.25) is 0 Å². The lowest BCUT2D eigenvalue weighted by molar-refractivity contribution is -0.173. The fraction of sp³-hybridized carbons (Fsp3) is 0.150. The summed E-state index contributed by atoms with van der Waals surface area (Å²) >= 11 is 0. The predicted octanol–water partition coefficient (Wildman–Crippen LogP) is 2.71.